The highest BCUT2D eigenvalue weighted by molar-refractivity contribution is 6.19. The smallest absolute Gasteiger partial charge is 0.306 e. The number of hydrogen-bond acceptors (Lipinski definition) is 5. The normalized spacial score (nSPS) is 11.9. The molecule has 5 aromatic rings. The first-order valence-corrected chi connectivity index (χ1v) is 12.5. The number of rotatable bonds is 8. The van der Waals surface area contributed by atoms with Crippen LogP contribution in [0.25, 0.3) is 32.6 Å². The molecule has 1 N–H and O–H groups in total. The molecule has 0 aliphatic carbocycles. The van der Waals surface area contributed by atoms with Crippen LogP contribution in [0.4, 0.5) is 0 Å². The van der Waals surface area contributed by atoms with E-state index in [-0.39, 0.29) is 24.6 Å². The van der Waals surface area contributed by atoms with E-state index in [9.17, 15) is 14.8 Å². The van der Waals surface area contributed by atoms with Crippen molar-refractivity contribution in [3.8, 4) is 0 Å². The van der Waals surface area contributed by atoms with Crippen LogP contribution in [0.2, 0.25) is 0 Å². The van der Waals surface area contributed by atoms with Crippen LogP contribution in [0.5, 0.6) is 0 Å². The quantitative estimate of drug-likeness (QED) is 0.0857. The van der Waals surface area contributed by atoms with E-state index in [0.717, 1.165) is 44.7 Å². The molecule has 6 nitrogen and oxygen atoms in total. The molecule has 0 spiro atoms. The van der Waals surface area contributed by atoms with Crippen LogP contribution >= 0.6 is 0 Å². The van der Waals surface area contributed by atoms with Gasteiger partial charge in [0.1, 0.15) is 0 Å². The van der Waals surface area contributed by atoms with Crippen LogP contribution in [0, 0.1) is 0 Å². The highest BCUT2D eigenvalue weighted by Gasteiger charge is 2.17. The number of aromatic nitrogens is 1. The second kappa shape index (κ2) is 10.3. The summed E-state index contributed by atoms with van der Waals surface area (Å²) in [6, 6.07) is 25.4. The summed E-state index contributed by atoms with van der Waals surface area (Å²) in [5.41, 5.74) is 4.47. The third-order valence-electron chi connectivity index (χ3n) is 6.80. The molecule has 37 heavy (non-hydrogen) atoms. The van der Waals surface area contributed by atoms with Gasteiger partial charge in [0, 0.05) is 51.5 Å². The van der Waals surface area contributed by atoms with Gasteiger partial charge in [-0.1, -0.05) is 53.7 Å². The summed E-state index contributed by atoms with van der Waals surface area (Å²) < 4.78 is 7.21. The van der Waals surface area contributed by atoms with Crippen LogP contribution in [0.3, 0.4) is 0 Å². The molecule has 0 bridgehead atoms. The Morgan fingerprint density at radius 2 is 1.49 bits per heavy atom. The van der Waals surface area contributed by atoms with Crippen molar-refractivity contribution in [2.75, 3.05) is 6.61 Å². The molecule has 0 aliphatic heterocycles. The van der Waals surface area contributed by atoms with E-state index in [1.807, 2.05) is 78.9 Å². The maximum atomic E-state index is 13.6. The summed E-state index contributed by atoms with van der Waals surface area (Å²) in [5, 5.41) is 17.0. The standard InChI is InChI=1S/C31H28N2O4/c1-3-33-28-15-12-21(27(32-36)14-17-30(34)37-4-2)18-25(28)26-19-22(13-16-29(26)33)31(35)24-11-7-9-20-8-5-6-10-23(20)24/h5-13,15-16,18-19,36H,3-4,14,17H2,1-2H3. The van der Waals surface area contributed by atoms with Crippen LogP contribution in [0.15, 0.2) is 84.0 Å². The van der Waals surface area contributed by atoms with Crippen molar-refractivity contribution < 1.29 is 19.5 Å². The van der Waals surface area contributed by atoms with Gasteiger partial charge in [0.25, 0.3) is 0 Å². The molecular formula is C31H28N2O4. The monoisotopic (exact) mass is 492 g/mol. The Hall–Kier alpha value is -4.45. The molecule has 0 fully saturated rings. The van der Waals surface area contributed by atoms with Gasteiger partial charge in [-0.15, -0.1) is 0 Å². The number of carbonyl (C=O) groups excluding carboxylic acids is 2. The maximum absolute atomic E-state index is 13.6. The second-order valence-electron chi connectivity index (χ2n) is 8.92. The topological polar surface area (TPSA) is 80.9 Å². The van der Waals surface area contributed by atoms with Gasteiger partial charge in [0.15, 0.2) is 5.78 Å². The number of fused-ring (bicyclic) bond motifs is 4. The summed E-state index contributed by atoms with van der Waals surface area (Å²) in [6.07, 6.45) is 0.393. The van der Waals surface area contributed by atoms with Gasteiger partial charge < -0.3 is 14.5 Å². The Bertz CT molecular complexity index is 1670. The van der Waals surface area contributed by atoms with Gasteiger partial charge in [-0.2, -0.15) is 0 Å². The lowest BCUT2D eigenvalue weighted by Gasteiger charge is -2.07. The Morgan fingerprint density at radius 3 is 2.19 bits per heavy atom. The average molecular weight is 493 g/mol. The molecule has 0 unspecified atom stereocenters. The number of ether oxygens (including phenoxy) is 1. The van der Waals surface area contributed by atoms with E-state index in [2.05, 4.69) is 16.6 Å². The third-order valence-corrected chi connectivity index (χ3v) is 6.80. The van der Waals surface area contributed by atoms with Crippen molar-refractivity contribution in [1.29, 1.82) is 0 Å². The fourth-order valence-electron chi connectivity index (χ4n) is 5.05. The van der Waals surface area contributed by atoms with E-state index in [1.54, 1.807) is 6.92 Å². The zero-order chi connectivity index (χ0) is 25.9. The van der Waals surface area contributed by atoms with Crippen LogP contribution < -0.4 is 0 Å². The summed E-state index contributed by atoms with van der Waals surface area (Å²) in [7, 11) is 0. The molecule has 1 heterocycles. The Kier molecular flexibility index (Phi) is 6.73. The lowest BCUT2D eigenvalue weighted by Crippen LogP contribution is -2.09. The number of oxime groups is 1. The number of aryl methyl sites for hydroxylation is 1. The largest absolute Gasteiger partial charge is 0.466 e. The van der Waals surface area contributed by atoms with Gasteiger partial charge in [-0.05, 0) is 55.0 Å². The highest BCUT2D eigenvalue weighted by atomic mass is 16.5. The molecule has 5 rings (SSSR count). The minimum absolute atomic E-state index is 0.0284. The van der Waals surface area contributed by atoms with E-state index < -0.39 is 0 Å². The van der Waals surface area contributed by atoms with Gasteiger partial charge in [0.2, 0.25) is 0 Å². The molecular weight excluding hydrogens is 464 g/mol. The number of ketones is 1. The van der Waals surface area contributed by atoms with Gasteiger partial charge in [-0.25, -0.2) is 0 Å². The number of benzene rings is 4. The van der Waals surface area contributed by atoms with Crippen molar-refractivity contribution in [1.82, 2.24) is 4.57 Å². The summed E-state index contributed by atoms with van der Waals surface area (Å²) in [5.74, 6) is -0.358. The third kappa shape index (κ3) is 4.47. The molecule has 6 heteroatoms. The molecule has 1 aromatic heterocycles. The zero-order valence-electron chi connectivity index (χ0n) is 20.9. The maximum Gasteiger partial charge on any atom is 0.306 e. The summed E-state index contributed by atoms with van der Waals surface area (Å²) >= 11 is 0. The van der Waals surface area contributed by atoms with Crippen LogP contribution in [-0.4, -0.2) is 33.8 Å². The average Bonchev–Trinajstić information content (AvgIpc) is 3.25. The minimum Gasteiger partial charge on any atom is -0.466 e. The first-order chi connectivity index (χ1) is 18.0. The predicted octanol–water partition coefficient (Wildman–Crippen LogP) is 6.72. The van der Waals surface area contributed by atoms with Gasteiger partial charge in [0.05, 0.1) is 18.7 Å². The Balaban J connectivity index is 1.59. The van der Waals surface area contributed by atoms with E-state index >= 15 is 0 Å². The lowest BCUT2D eigenvalue weighted by molar-refractivity contribution is -0.142. The summed E-state index contributed by atoms with van der Waals surface area (Å²) in [4.78, 5) is 25.5. The van der Waals surface area contributed by atoms with E-state index in [4.69, 9.17) is 4.74 Å². The van der Waals surface area contributed by atoms with Crippen molar-refractivity contribution in [2.45, 2.75) is 33.2 Å². The Labute approximate surface area is 214 Å². The SMILES string of the molecule is CCOC(=O)CCC(=NO)c1ccc2c(c1)c1cc(C(=O)c3cccc4ccccc34)ccc1n2CC. The number of nitrogens with zero attached hydrogens (tertiary/aromatic N) is 2. The minimum atomic E-state index is -0.330. The predicted molar refractivity (Wildman–Crippen MR) is 147 cm³/mol. The number of carbonyl (C=O) groups is 2. The van der Waals surface area contributed by atoms with Gasteiger partial charge in [-0.3, -0.25) is 9.59 Å². The number of esters is 1. The van der Waals surface area contributed by atoms with Gasteiger partial charge >= 0.3 is 5.97 Å². The molecule has 186 valence electrons. The molecule has 0 saturated carbocycles. The first-order valence-electron chi connectivity index (χ1n) is 12.5. The van der Waals surface area contributed by atoms with E-state index in [0.29, 0.717) is 23.4 Å². The zero-order valence-corrected chi connectivity index (χ0v) is 20.9. The first kappa shape index (κ1) is 24.3. The molecule has 0 aliphatic rings. The lowest BCUT2D eigenvalue weighted by atomic mass is 9.96. The molecule has 0 radical (unpaired) electrons. The molecule has 0 atom stereocenters. The fourth-order valence-corrected chi connectivity index (χ4v) is 5.05. The Morgan fingerprint density at radius 1 is 0.811 bits per heavy atom. The molecule has 4 aromatic carbocycles. The summed E-state index contributed by atoms with van der Waals surface area (Å²) in [6.45, 7) is 4.92. The van der Waals surface area contributed by atoms with Crippen molar-refractivity contribution in [3.05, 3.63) is 95.6 Å². The van der Waals surface area contributed by atoms with Crippen LogP contribution in [0.1, 0.15) is 48.2 Å². The molecule has 0 saturated heterocycles. The second-order valence-corrected chi connectivity index (χ2v) is 8.92. The molecule has 0 amide bonds. The number of hydrogen-bond donors (Lipinski definition) is 1. The van der Waals surface area contributed by atoms with Crippen molar-refractivity contribution in [2.24, 2.45) is 5.16 Å². The van der Waals surface area contributed by atoms with Crippen LogP contribution in [-0.2, 0) is 16.1 Å². The van der Waals surface area contributed by atoms with E-state index in [1.165, 1.54) is 0 Å². The van der Waals surface area contributed by atoms with Crippen molar-refractivity contribution in [3.63, 3.8) is 0 Å². The highest BCUT2D eigenvalue weighted by Crippen LogP contribution is 2.32. The fraction of sp³-hybridized carbons (Fsp3) is 0.194. The van der Waals surface area contributed by atoms with Crippen molar-refractivity contribution >= 4 is 50.0 Å².